The molecular formula is C19H21FN2O2. The first kappa shape index (κ1) is 16.4. The molecular weight excluding hydrogens is 307 g/mol. The van der Waals surface area contributed by atoms with Gasteiger partial charge in [0.25, 0.3) is 5.56 Å². The Morgan fingerprint density at radius 1 is 1.21 bits per heavy atom. The number of hydrogen-bond donors (Lipinski definition) is 0. The van der Waals surface area contributed by atoms with Gasteiger partial charge < -0.3 is 9.47 Å². The maximum absolute atomic E-state index is 13.9. The number of aryl methyl sites for hydroxylation is 1. The molecule has 24 heavy (non-hydrogen) atoms. The van der Waals surface area contributed by atoms with Crippen molar-refractivity contribution in [2.24, 2.45) is 0 Å². The molecule has 1 atom stereocenters. The minimum absolute atomic E-state index is 0.0176. The maximum atomic E-state index is 13.9. The minimum Gasteiger partial charge on any atom is -0.342 e. The zero-order chi connectivity index (χ0) is 17.1. The molecule has 1 amide bonds. The van der Waals surface area contributed by atoms with Gasteiger partial charge in [0, 0.05) is 43.7 Å². The van der Waals surface area contributed by atoms with Gasteiger partial charge in [0.05, 0.1) is 0 Å². The molecule has 1 saturated heterocycles. The Kier molecular flexibility index (Phi) is 4.79. The van der Waals surface area contributed by atoms with E-state index >= 15 is 0 Å². The highest BCUT2D eigenvalue weighted by Crippen LogP contribution is 2.29. The van der Waals surface area contributed by atoms with Crippen LogP contribution < -0.4 is 5.56 Å². The van der Waals surface area contributed by atoms with Crippen molar-refractivity contribution < 1.29 is 9.18 Å². The topological polar surface area (TPSA) is 42.3 Å². The Bertz CT molecular complexity index is 800. The first-order chi connectivity index (χ1) is 11.6. The van der Waals surface area contributed by atoms with Gasteiger partial charge in [-0.15, -0.1) is 0 Å². The number of pyridine rings is 1. The smallest absolute Gasteiger partial charge is 0.250 e. The Labute approximate surface area is 140 Å². The predicted molar refractivity (Wildman–Crippen MR) is 90.4 cm³/mol. The van der Waals surface area contributed by atoms with Gasteiger partial charge in [-0.2, -0.15) is 0 Å². The van der Waals surface area contributed by atoms with E-state index in [2.05, 4.69) is 0 Å². The van der Waals surface area contributed by atoms with E-state index in [-0.39, 0.29) is 29.6 Å². The van der Waals surface area contributed by atoms with Crippen LogP contribution in [-0.4, -0.2) is 28.5 Å². The molecule has 1 aliphatic heterocycles. The zero-order valence-corrected chi connectivity index (χ0v) is 13.7. The molecule has 0 aliphatic carbocycles. The summed E-state index contributed by atoms with van der Waals surface area (Å²) in [5.41, 5.74) is 1.44. The van der Waals surface area contributed by atoms with Crippen LogP contribution in [0.4, 0.5) is 4.39 Å². The van der Waals surface area contributed by atoms with Crippen LogP contribution in [0.3, 0.4) is 0 Å². The van der Waals surface area contributed by atoms with Crippen LogP contribution in [0.25, 0.3) is 0 Å². The number of benzene rings is 1. The highest BCUT2D eigenvalue weighted by molar-refractivity contribution is 5.76. The summed E-state index contributed by atoms with van der Waals surface area (Å²) in [5, 5.41) is 0. The quantitative estimate of drug-likeness (QED) is 0.866. The molecule has 1 fully saturated rings. The third-order valence-corrected chi connectivity index (χ3v) is 4.70. The number of carbonyl (C=O) groups is 1. The summed E-state index contributed by atoms with van der Waals surface area (Å²) >= 11 is 0. The van der Waals surface area contributed by atoms with Gasteiger partial charge >= 0.3 is 0 Å². The number of halogens is 1. The summed E-state index contributed by atoms with van der Waals surface area (Å²) in [7, 11) is 0. The number of hydrogen-bond acceptors (Lipinski definition) is 2. The summed E-state index contributed by atoms with van der Waals surface area (Å²) in [6.45, 7) is 3.42. The molecule has 4 nitrogen and oxygen atoms in total. The standard InChI is InChI=1S/C19H21FN2O2/c1-14-5-4-8-19(24)22(14)12-10-18(23)21-11-9-15(13-21)16-6-2-3-7-17(16)20/h2-8,15H,9-13H2,1H3/t15-/m0/s1. The lowest BCUT2D eigenvalue weighted by molar-refractivity contribution is -0.130. The number of aromatic nitrogens is 1. The number of nitrogens with zero attached hydrogens (tertiary/aromatic N) is 2. The monoisotopic (exact) mass is 328 g/mol. The Morgan fingerprint density at radius 2 is 2.00 bits per heavy atom. The van der Waals surface area contributed by atoms with E-state index in [1.807, 2.05) is 19.1 Å². The average molecular weight is 328 g/mol. The Hall–Kier alpha value is -2.43. The summed E-state index contributed by atoms with van der Waals surface area (Å²) in [6, 6.07) is 11.8. The summed E-state index contributed by atoms with van der Waals surface area (Å²) in [6.07, 6.45) is 1.06. The summed E-state index contributed by atoms with van der Waals surface area (Å²) < 4.78 is 15.5. The molecule has 3 rings (SSSR count). The lowest BCUT2D eigenvalue weighted by Gasteiger charge is -2.18. The lowest BCUT2D eigenvalue weighted by Crippen LogP contribution is -2.31. The molecule has 2 heterocycles. The van der Waals surface area contributed by atoms with Crippen molar-refractivity contribution in [3.8, 4) is 0 Å². The summed E-state index contributed by atoms with van der Waals surface area (Å²) in [5.74, 6) is -0.136. The van der Waals surface area contributed by atoms with Crippen LogP contribution in [0.1, 0.15) is 30.0 Å². The first-order valence-corrected chi connectivity index (χ1v) is 8.25. The van der Waals surface area contributed by atoms with Crippen molar-refractivity contribution >= 4 is 5.91 Å². The fraction of sp³-hybridized carbons (Fsp3) is 0.368. The van der Waals surface area contributed by atoms with Gasteiger partial charge in [0.15, 0.2) is 0 Å². The number of carbonyl (C=O) groups excluding carboxylic acids is 1. The fourth-order valence-electron chi connectivity index (χ4n) is 3.32. The highest BCUT2D eigenvalue weighted by Gasteiger charge is 2.28. The van der Waals surface area contributed by atoms with Gasteiger partial charge in [0.1, 0.15) is 5.82 Å². The van der Waals surface area contributed by atoms with Crippen LogP contribution in [-0.2, 0) is 11.3 Å². The van der Waals surface area contributed by atoms with Gasteiger partial charge in [0.2, 0.25) is 5.91 Å². The van der Waals surface area contributed by atoms with E-state index in [0.29, 0.717) is 25.2 Å². The van der Waals surface area contributed by atoms with Crippen LogP contribution in [0.2, 0.25) is 0 Å². The van der Waals surface area contributed by atoms with Crippen molar-refractivity contribution in [2.45, 2.75) is 32.2 Å². The van der Waals surface area contributed by atoms with Gasteiger partial charge in [-0.1, -0.05) is 24.3 Å². The molecule has 0 bridgehead atoms. The predicted octanol–water partition coefficient (Wildman–Crippen LogP) is 2.70. The molecule has 1 aromatic carbocycles. The molecule has 2 aromatic rings. The molecule has 0 unspecified atom stereocenters. The van der Waals surface area contributed by atoms with E-state index in [0.717, 1.165) is 12.1 Å². The molecule has 5 heteroatoms. The van der Waals surface area contributed by atoms with Crippen LogP contribution in [0.5, 0.6) is 0 Å². The molecule has 1 aromatic heterocycles. The minimum atomic E-state index is -0.205. The lowest BCUT2D eigenvalue weighted by atomic mass is 9.98. The molecule has 0 N–H and O–H groups in total. The molecule has 0 saturated carbocycles. The average Bonchev–Trinajstić information content (AvgIpc) is 3.04. The van der Waals surface area contributed by atoms with E-state index in [9.17, 15) is 14.0 Å². The molecule has 0 radical (unpaired) electrons. The molecule has 1 aliphatic rings. The molecule has 126 valence electrons. The van der Waals surface area contributed by atoms with Crippen LogP contribution in [0.15, 0.2) is 47.3 Å². The van der Waals surface area contributed by atoms with Crippen molar-refractivity contribution in [3.63, 3.8) is 0 Å². The van der Waals surface area contributed by atoms with E-state index in [1.165, 1.54) is 12.1 Å². The Morgan fingerprint density at radius 3 is 2.75 bits per heavy atom. The highest BCUT2D eigenvalue weighted by atomic mass is 19.1. The third kappa shape index (κ3) is 3.40. The largest absolute Gasteiger partial charge is 0.342 e. The second kappa shape index (κ2) is 6.99. The second-order valence-electron chi connectivity index (χ2n) is 6.25. The number of amides is 1. The third-order valence-electron chi connectivity index (χ3n) is 4.70. The van der Waals surface area contributed by atoms with Crippen molar-refractivity contribution in [1.82, 2.24) is 9.47 Å². The SMILES string of the molecule is Cc1cccc(=O)n1CCC(=O)N1CC[C@H](c2ccccc2F)C1. The van der Waals surface area contributed by atoms with Gasteiger partial charge in [-0.25, -0.2) is 4.39 Å². The zero-order valence-electron chi connectivity index (χ0n) is 13.7. The van der Waals surface area contributed by atoms with E-state index in [4.69, 9.17) is 0 Å². The second-order valence-corrected chi connectivity index (χ2v) is 6.25. The van der Waals surface area contributed by atoms with Crippen molar-refractivity contribution in [1.29, 1.82) is 0 Å². The van der Waals surface area contributed by atoms with Crippen LogP contribution in [0, 0.1) is 12.7 Å². The van der Waals surface area contributed by atoms with E-state index in [1.54, 1.807) is 27.7 Å². The Balaban J connectivity index is 1.61. The van der Waals surface area contributed by atoms with Gasteiger partial charge in [-0.3, -0.25) is 9.59 Å². The van der Waals surface area contributed by atoms with Crippen LogP contribution >= 0.6 is 0 Å². The number of rotatable bonds is 4. The van der Waals surface area contributed by atoms with E-state index < -0.39 is 0 Å². The van der Waals surface area contributed by atoms with Gasteiger partial charge in [-0.05, 0) is 31.0 Å². The maximum Gasteiger partial charge on any atom is 0.250 e. The fourth-order valence-corrected chi connectivity index (χ4v) is 3.32. The van der Waals surface area contributed by atoms with Crippen molar-refractivity contribution in [2.75, 3.05) is 13.1 Å². The summed E-state index contributed by atoms with van der Waals surface area (Å²) in [4.78, 5) is 26.0. The molecule has 0 spiro atoms. The van der Waals surface area contributed by atoms with Crippen molar-refractivity contribution in [3.05, 3.63) is 69.9 Å². The number of likely N-dealkylation sites (tertiary alicyclic amines) is 1. The normalized spacial score (nSPS) is 17.2. The first-order valence-electron chi connectivity index (χ1n) is 8.25.